The summed E-state index contributed by atoms with van der Waals surface area (Å²) in [6.07, 6.45) is 0. The van der Waals surface area contributed by atoms with Crippen molar-refractivity contribution < 1.29 is 9.13 Å². The number of hydrogen-bond acceptors (Lipinski definition) is 2. The first kappa shape index (κ1) is 8.78. The third-order valence-corrected chi connectivity index (χ3v) is 3.10. The Balaban J connectivity index is 2.79. The van der Waals surface area contributed by atoms with Crippen LogP contribution in [0.25, 0.3) is 10.1 Å². The zero-order valence-electron chi connectivity index (χ0n) is 6.80. The third-order valence-electron chi connectivity index (χ3n) is 1.77. The normalized spacial score (nSPS) is 10.7. The summed E-state index contributed by atoms with van der Waals surface area (Å²) in [5, 5.41) is 0.860. The molecule has 0 unspecified atom stereocenters. The third kappa shape index (κ3) is 1.38. The number of hydrogen-bond donors (Lipinski definition) is 0. The molecule has 0 aliphatic carbocycles. The molecule has 1 aromatic heterocycles. The van der Waals surface area contributed by atoms with E-state index >= 15 is 0 Å². The van der Waals surface area contributed by atoms with Crippen LogP contribution in [0.2, 0.25) is 4.34 Å². The highest BCUT2D eigenvalue weighted by molar-refractivity contribution is 7.23. The van der Waals surface area contributed by atoms with Crippen molar-refractivity contribution in [3.05, 3.63) is 28.4 Å². The van der Waals surface area contributed by atoms with Crippen molar-refractivity contribution in [2.75, 3.05) is 7.11 Å². The van der Waals surface area contributed by atoms with E-state index in [1.54, 1.807) is 13.2 Å². The Hall–Kier alpha value is -0.800. The highest BCUT2D eigenvalue weighted by Crippen LogP contribution is 2.41. The van der Waals surface area contributed by atoms with Gasteiger partial charge in [-0.1, -0.05) is 11.6 Å². The average molecular weight is 217 g/mol. The molecule has 0 atom stereocenters. The van der Waals surface area contributed by atoms with Crippen molar-refractivity contribution >= 4 is 33.0 Å². The molecule has 0 aliphatic heterocycles. The topological polar surface area (TPSA) is 9.23 Å². The zero-order chi connectivity index (χ0) is 9.42. The van der Waals surface area contributed by atoms with Crippen LogP contribution in [0.15, 0.2) is 18.2 Å². The van der Waals surface area contributed by atoms with E-state index in [4.69, 9.17) is 16.3 Å². The molecule has 1 heterocycles. The molecule has 0 spiro atoms. The lowest BCUT2D eigenvalue weighted by Crippen LogP contribution is -1.80. The second-order valence-corrected chi connectivity index (χ2v) is 4.20. The summed E-state index contributed by atoms with van der Waals surface area (Å²) < 4.78 is 19.3. The first-order valence-electron chi connectivity index (χ1n) is 3.64. The molecule has 0 amide bonds. The molecule has 0 aliphatic rings. The minimum atomic E-state index is -0.256. The smallest absolute Gasteiger partial charge is 0.156 e. The van der Waals surface area contributed by atoms with Gasteiger partial charge in [0.05, 0.1) is 7.11 Å². The fraction of sp³-hybridized carbons (Fsp3) is 0.111. The summed E-state index contributed by atoms with van der Waals surface area (Å²) in [4.78, 5) is 0. The number of halogens is 2. The molecule has 2 rings (SSSR count). The van der Waals surface area contributed by atoms with Crippen molar-refractivity contribution in [2.45, 2.75) is 0 Å². The van der Waals surface area contributed by atoms with Gasteiger partial charge in [-0.3, -0.25) is 0 Å². The van der Waals surface area contributed by atoms with E-state index < -0.39 is 0 Å². The number of fused-ring (bicyclic) bond motifs is 1. The molecule has 4 heteroatoms. The highest BCUT2D eigenvalue weighted by Gasteiger charge is 2.10. The Morgan fingerprint density at radius 3 is 2.92 bits per heavy atom. The van der Waals surface area contributed by atoms with Crippen LogP contribution in [0.5, 0.6) is 5.75 Å². The van der Waals surface area contributed by atoms with Gasteiger partial charge < -0.3 is 4.74 Å². The largest absolute Gasteiger partial charge is 0.494 e. The number of ether oxygens (including phenoxy) is 1. The Kier molecular flexibility index (Phi) is 2.14. The van der Waals surface area contributed by atoms with Gasteiger partial charge in [-0.25, -0.2) is 4.39 Å². The van der Waals surface area contributed by atoms with E-state index in [-0.39, 0.29) is 5.82 Å². The second-order valence-electron chi connectivity index (χ2n) is 2.55. The van der Waals surface area contributed by atoms with Gasteiger partial charge in [-0.05, 0) is 18.2 Å². The predicted octanol–water partition coefficient (Wildman–Crippen LogP) is 3.70. The number of benzene rings is 1. The van der Waals surface area contributed by atoms with Gasteiger partial charge in [0.2, 0.25) is 0 Å². The lowest BCUT2D eigenvalue weighted by Gasteiger charge is -1.96. The summed E-state index contributed by atoms with van der Waals surface area (Å²) in [6.45, 7) is 0. The molecular weight excluding hydrogens is 211 g/mol. The van der Waals surface area contributed by atoms with Gasteiger partial charge in [-0.15, -0.1) is 11.3 Å². The Morgan fingerprint density at radius 1 is 1.46 bits per heavy atom. The van der Waals surface area contributed by atoms with Gasteiger partial charge in [0.25, 0.3) is 0 Å². The fourth-order valence-electron chi connectivity index (χ4n) is 1.21. The predicted molar refractivity (Wildman–Crippen MR) is 53.3 cm³/mol. The minimum absolute atomic E-state index is 0.256. The molecule has 0 fully saturated rings. The summed E-state index contributed by atoms with van der Waals surface area (Å²) >= 11 is 7.21. The van der Waals surface area contributed by atoms with E-state index in [9.17, 15) is 4.39 Å². The van der Waals surface area contributed by atoms with Crippen molar-refractivity contribution in [1.82, 2.24) is 0 Å². The van der Waals surface area contributed by atoms with E-state index in [2.05, 4.69) is 0 Å². The van der Waals surface area contributed by atoms with Crippen LogP contribution in [-0.4, -0.2) is 7.11 Å². The second kappa shape index (κ2) is 3.16. The maximum atomic E-state index is 12.8. The summed E-state index contributed by atoms with van der Waals surface area (Å²) in [7, 11) is 1.55. The lowest BCUT2D eigenvalue weighted by atomic mass is 10.2. The first-order valence-corrected chi connectivity index (χ1v) is 4.83. The van der Waals surface area contributed by atoms with Crippen molar-refractivity contribution in [3.8, 4) is 5.75 Å². The number of rotatable bonds is 1. The lowest BCUT2D eigenvalue weighted by molar-refractivity contribution is 0.421. The molecular formula is C9H6ClFOS. The molecule has 0 saturated carbocycles. The molecule has 0 radical (unpaired) electrons. The molecule has 0 saturated heterocycles. The molecule has 13 heavy (non-hydrogen) atoms. The van der Waals surface area contributed by atoms with Crippen molar-refractivity contribution in [3.63, 3.8) is 0 Å². The Bertz CT molecular complexity index is 452. The molecule has 1 nitrogen and oxygen atoms in total. The van der Waals surface area contributed by atoms with Crippen LogP contribution in [0, 0.1) is 5.82 Å². The van der Waals surface area contributed by atoms with E-state index in [1.807, 2.05) is 0 Å². The molecule has 0 bridgehead atoms. The summed E-state index contributed by atoms with van der Waals surface area (Å²) in [6, 6.07) is 4.52. The minimum Gasteiger partial charge on any atom is -0.494 e. The van der Waals surface area contributed by atoms with Gasteiger partial charge >= 0.3 is 0 Å². The Labute approximate surface area is 83.7 Å². The standard InChI is InChI=1S/C9H6ClFOS/c1-12-8-6-3-2-5(11)4-7(6)13-9(8)10/h2-4H,1H3. The van der Waals surface area contributed by atoms with Gasteiger partial charge in [0.1, 0.15) is 10.2 Å². The van der Waals surface area contributed by atoms with Gasteiger partial charge in [0, 0.05) is 10.1 Å². The van der Waals surface area contributed by atoms with Crippen LogP contribution in [0.3, 0.4) is 0 Å². The van der Waals surface area contributed by atoms with Gasteiger partial charge in [0.15, 0.2) is 5.75 Å². The van der Waals surface area contributed by atoms with E-state index in [1.165, 1.54) is 23.5 Å². The zero-order valence-corrected chi connectivity index (χ0v) is 8.38. The SMILES string of the molecule is COc1c(Cl)sc2cc(F)ccc12. The van der Waals surface area contributed by atoms with E-state index in [0.717, 1.165) is 10.1 Å². The summed E-state index contributed by atoms with van der Waals surface area (Å²) in [5.41, 5.74) is 0. The van der Waals surface area contributed by atoms with E-state index in [0.29, 0.717) is 10.1 Å². The average Bonchev–Trinajstić information content (AvgIpc) is 2.39. The Morgan fingerprint density at radius 2 is 2.23 bits per heavy atom. The van der Waals surface area contributed by atoms with Crippen LogP contribution >= 0.6 is 22.9 Å². The number of methoxy groups -OCH3 is 1. The fourth-order valence-corrected chi connectivity index (χ4v) is 2.56. The molecule has 2 aromatic rings. The first-order chi connectivity index (χ1) is 6.22. The number of thiophene rings is 1. The monoisotopic (exact) mass is 216 g/mol. The van der Waals surface area contributed by atoms with Crippen molar-refractivity contribution in [1.29, 1.82) is 0 Å². The molecule has 68 valence electrons. The quantitative estimate of drug-likeness (QED) is 0.706. The summed E-state index contributed by atoms with van der Waals surface area (Å²) in [5.74, 6) is 0.370. The molecule has 1 aromatic carbocycles. The van der Waals surface area contributed by atoms with Crippen LogP contribution in [-0.2, 0) is 0 Å². The van der Waals surface area contributed by atoms with Crippen LogP contribution < -0.4 is 4.74 Å². The van der Waals surface area contributed by atoms with Crippen LogP contribution in [0.1, 0.15) is 0 Å². The van der Waals surface area contributed by atoms with Gasteiger partial charge in [-0.2, -0.15) is 0 Å². The maximum Gasteiger partial charge on any atom is 0.156 e. The highest BCUT2D eigenvalue weighted by atomic mass is 35.5. The molecule has 0 N–H and O–H groups in total. The maximum absolute atomic E-state index is 12.8. The van der Waals surface area contributed by atoms with Crippen LogP contribution in [0.4, 0.5) is 4.39 Å². The van der Waals surface area contributed by atoms with Crippen molar-refractivity contribution in [2.24, 2.45) is 0 Å².